The van der Waals surface area contributed by atoms with Crippen molar-refractivity contribution in [1.82, 2.24) is 24.9 Å². The molecule has 0 aliphatic carbocycles. The Hall–Kier alpha value is -5.99. The molecule has 1 radical (unpaired) electrons. The molecule has 0 saturated carbocycles. The summed E-state index contributed by atoms with van der Waals surface area (Å²) >= 11 is 5.57. The first kappa shape index (κ1) is 53.2. The van der Waals surface area contributed by atoms with E-state index in [0.717, 1.165) is 57.7 Å². The number of amides is 3. The van der Waals surface area contributed by atoms with E-state index in [1.54, 1.807) is 18.2 Å². The third kappa shape index (κ3) is 16.7. The Labute approximate surface area is 393 Å². The first-order valence-corrected chi connectivity index (χ1v) is 18.6. The molecule has 327 valence electrons. The number of benzene rings is 2. The summed E-state index contributed by atoms with van der Waals surface area (Å²) in [4.78, 5) is 45.3. The molecular formula is C45H39Cl3F3N8O3Ru. The summed E-state index contributed by atoms with van der Waals surface area (Å²) in [5.74, 6) is 0.305. The Kier molecular flexibility index (Phi) is 21.3. The molecule has 5 heterocycles. The number of aryl methyl sites for hydroxylation is 4. The van der Waals surface area contributed by atoms with Crippen LogP contribution in [0.2, 0.25) is 5.02 Å². The molecule has 7 aromatic rings. The Morgan fingerprint density at radius 3 is 1.44 bits per heavy atom. The molecule has 2 aromatic carbocycles. The maximum Gasteiger partial charge on any atom is 3.00 e. The van der Waals surface area contributed by atoms with Crippen LogP contribution in [0, 0.1) is 27.7 Å². The first-order valence-electron chi connectivity index (χ1n) is 18.2. The molecule has 0 atom stereocenters. The molecule has 2 N–H and O–H groups in total. The molecule has 5 aromatic heterocycles. The van der Waals surface area contributed by atoms with Crippen molar-refractivity contribution in [2.45, 2.75) is 33.9 Å². The second-order valence-corrected chi connectivity index (χ2v) is 13.4. The van der Waals surface area contributed by atoms with Crippen LogP contribution in [0.25, 0.3) is 28.1 Å². The van der Waals surface area contributed by atoms with Crippen molar-refractivity contribution in [2.24, 2.45) is 0 Å². The second kappa shape index (κ2) is 25.2. The number of carbonyl (C=O) groups excluding carboxylic acids is 2. The van der Waals surface area contributed by atoms with Gasteiger partial charge in [-0.2, -0.15) is 13.2 Å². The van der Waals surface area contributed by atoms with Gasteiger partial charge in [0.2, 0.25) is 0 Å². The van der Waals surface area contributed by atoms with E-state index in [0.29, 0.717) is 17.2 Å². The molecule has 0 aliphatic heterocycles. The standard InChI is InChI=1S/C21H16ClF3N4O3.2C12H12N2.2ClH.Ru/c1-26-19(30)18-11-15(8-9-27-18)32-14-5-2-12(3-6-14)28-20(31)29-13-4-7-17(22)16(10-13)21(23,24)25;2*1-9-5-3-7-11(13-9)12-8-4-6-10(2)14-12;;;/h2-11H,1H3,(H3,26,28,29,30,31);2*3-8H,1-2H3;2*1H;/q;;;;;+3/p-3. The van der Waals surface area contributed by atoms with Crippen molar-refractivity contribution in [3.63, 3.8) is 0 Å². The van der Waals surface area contributed by atoms with Crippen LogP contribution in [0.5, 0.6) is 11.5 Å². The summed E-state index contributed by atoms with van der Waals surface area (Å²) in [7, 11) is 1.36. The van der Waals surface area contributed by atoms with Gasteiger partial charge in [-0.05, 0) is 125 Å². The van der Waals surface area contributed by atoms with Gasteiger partial charge < -0.3 is 50.3 Å². The van der Waals surface area contributed by atoms with Gasteiger partial charge in [-0.15, -0.1) is 7.05 Å². The molecule has 0 bridgehead atoms. The van der Waals surface area contributed by atoms with Crippen LogP contribution in [0.4, 0.5) is 29.3 Å². The minimum atomic E-state index is -4.64. The van der Waals surface area contributed by atoms with Crippen LogP contribution < -0.4 is 40.2 Å². The Morgan fingerprint density at radius 2 is 1.03 bits per heavy atom. The Balaban J connectivity index is 0.000000365. The number of pyridine rings is 5. The number of carbonyl (C=O) groups is 2. The Morgan fingerprint density at radius 1 is 0.603 bits per heavy atom. The SMILES string of the molecule is C[N-]C(=O)c1cc(Oc2ccc(NC(=O)Nc3ccc(Cl)c(C(F)(F)F)c3)cc2)ccn1.Cc1cccc(-c2cccc(C)n2)n1.Cc1cccc(-c2cccc(C)n2)n1.[Cl-].[Cl-].[Ru+3]. The largest absolute Gasteiger partial charge is 3.00 e. The smallest absolute Gasteiger partial charge is 1.00 e. The fourth-order valence-corrected chi connectivity index (χ4v) is 5.53. The van der Waals surface area contributed by atoms with Gasteiger partial charge in [-0.3, -0.25) is 24.9 Å². The average Bonchev–Trinajstić information content (AvgIpc) is 3.22. The number of hydrogen-bond donors (Lipinski definition) is 2. The number of urea groups is 1. The number of halogens is 6. The summed E-state index contributed by atoms with van der Waals surface area (Å²) < 4.78 is 44.5. The molecular weight excluding hydrogens is 965 g/mol. The summed E-state index contributed by atoms with van der Waals surface area (Å²) in [5.41, 5.74) is 7.22. The Bertz CT molecular complexity index is 2420. The van der Waals surface area contributed by atoms with E-state index in [4.69, 9.17) is 16.3 Å². The number of alkyl halides is 3. The topological polar surface area (TPSA) is 146 Å². The third-order valence-electron chi connectivity index (χ3n) is 8.11. The number of rotatable bonds is 7. The van der Waals surface area contributed by atoms with E-state index in [1.165, 1.54) is 37.5 Å². The molecule has 63 heavy (non-hydrogen) atoms. The van der Waals surface area contributed by atoms with E-state index in [-0.39, 0.29) is 55.7 Å². The molecule has 0 fully saturated rings. The molecule has 11 nitrogen and oxygen atoms in total. The number of nitrogens with one attached hydrogen (secondary N) is 2. The second-order valence-electron chi connectivity index (χ2n) is 13.0. The van der Waals surface area contributed by atoms with E-state index in [9.17, 15) is 22.8 Å². The average molecular weight is 1000 g/mol. The molecule has 0 unspecified atom stereocenters. The van der Waals surface area contributed by atoms with Gasteiger partial charge in [-0.25, -0.2) is 4.79 Å². The van der Waals surface area contributed by atoms with Gasteiger partial charge in [0.15, 0.2) is 0 Å². The van der Waals surface area contributed by atoms with E-state index >= 15 is 0 Å². The maximum atomic E-state index is 12.9. The van der Waals surface area contributed by atoms with Crippen LogP contribution in [-0.4, -0.2) is 43.9 Å². The van der Waals surface area contributed by atoms with Gasteiger partial charge in [-0.1, -0.05) is 35.9 Å². The van der Waals surface area contributed by atoms with Crippen molar-refractivity contribution >= 4 is 34.9 Å². The van der Waals surface area contributed by atoms with Gasteiger partial charge >= 0.3 is 31.7 Å². The quantitative estimate of drug-likeness (QED) is 0.189. The summed E-state index contributed by atoms with van der Waals surface area (Å²) in [6.07, 6.45) is -3.23. The van der Waals surface area contributed by atoms with Crippen LogP contribution in [-0.2, 0) is 25.7 Å². The molecule has 0 aliphatic rings. The predicted octanol–water partition coefficient (Wildman–Crippen LogP) is 5.86. The third-order valence-corrected chi connectivity index (χ3v) is 8.44. The minimum absolute atomic E-state index is 0. The summed E-state index contributed by atoms with van der Waals surface area (Å²) in [6, 6.07) is 35.4. The number of hydrogen-bond acceptors (Lipinski definition) is 8. The van der Waals surface area contributed by atoms with E-state index in [1.807, 2.05) is 100 Å². The first-order chi connectivity index (χ1) is 28.7. The molecule has 0 saturated heterocycles. The minimum Gasteiger partial charge on any atom is -1.00 e. The zero-order valence-corrected chi connectivity index (χ0v) is 38.2. The zero-order chi connectivity index (χ0) is 43.2. The monoisotopic (exact) mass is 1000 g/mol. The molecule has 18 heteroatoms. The van der Waals surface area contributed by atoms with Crippen LogP contribution in [0.3, 0.4) is 0 Å². The van der Waals surface area contributed by atoms with Gasteiger partial charge in [0.05, 0.1) is 39.1 Å². The molecule has 3 amide bonds. The van der Waals surface area contributed by atoms with Crippen LogP contribution >= 0.6 is 11.6 Å². The number of anilines is 2. The summed E-state index contributed by atoms with van der Waals surface area (Å²) in [5, 5.41) is 7.89. The maximum absolute atomic E-state index is 12.9. The zero-order valence-electron chi connectivity index (χ0n) is 34.2. The fraction of sp³-hybridized carbons (Fsp3) is 0.133. The van der Waals surface area contributed by atoms with Crippen molar-refractivity contribution in [3.05, 3.63) is 178 Å². The van der Waals surface area contributed by atoms with Crippen molar-refractivity contribution in [2.75, 3.05) is 17.7 Å². The number of aromatic nitrogens is 5. The normalized spacial score (nSPS) is 10.0. The van der Waals surface area contributed by atoms with E-state index in [2.05, 4.69) is 40.9 Å². The number of nitrogens with zero attached hydrogens (tertiary/aromatic N) is 6. The van der Waals surface area contributed by atoms with Crippen molar-refractivity contribution < 1.29 is 71.8 Å². The van der Waals surface area contributed by atoms with Gasteiger partial charge in [0, 0.05) is 46.4 Å². The van der Waals surface area contributed by atoms with E-state index < -0.39 is 28.7 Å². The van der Waals surface area contributed by atoms with Crippen LogP contribution in [0.1, 0.15) is 38.8 Å². The predicted molar refractivity (Wildman–Crippen MR) is 227 cm³/mol. The van der Waals surface area contributed by atoms with Crippen LogP contribution in [0.15, 0.2) is 134 Å². The summed E-state index contributed by atoms with van der Waals surface area (Å²) in [6.45, 7) is 7.94. The van der Waals surface area contributed by atoms with Gasteiger partial charge in [0.1, 0.15) is 17.4 Å². The molecule has 0 spiro atoms. The number of ether oxygens (including phenoxy) is 1. The fourth-order valence-electron chi connectivity index (χ4n) is 5.31. The molecule has 7 rings (SSSR count). The van der Waals surface area contributed by atoms with Crippen molar-refractivity contribution in [3.8, 4) is 34.3 Å². The van der Waals surface area contributed by atoms with Gasteiger partial charge in [0.25, 0.3) is 0 Å². The van der Waals surface area contributed by atoms with Crippen molar-refractivity contribution in [1.29, 1.82) is 0 Å².